The molecule has 36 heavy (non-hydrogen) atoms. The third-order valence-electron chi connectivity index (χ3n) is 6.04. The third-order valence-corrected chi connectivity index (χ3v) is 6.04. The second-order valence-electron chi connectivity index (χ2n) is 8.71. The molecule has 0 fully saturated rings. The Bertz CT molecular complexity index is 888. The minimum atomic E-state index is -0.801. The monoisotopic (exact) mass is 496 g/mol. The molecular formula is C30H40O6. The molecular weight excluding hydrogens is 456 g/mol. The number of rotatable bonds is 18. The van der Waals surface area contributed by atoms with Crippen molar-refractivity contribution in [3.05, 3.63) is 61.2 Å². The van der Waals surface area contributed by atoms with E-state index in [-0.39, 0.29) is 0 Å². The number of unbranched alkanes of at least 4 members (excludes halogenated alkanes) is 7. The van der Waals surface area contributed by atoms with Gasteiger partial charge < -0.3 is 18.9 Å². The largest absolute Gasteiger partial charge is 0.494 e. The van der Waals surface area contributed by atoms with Gasteiger partial charge in [-0.3, -0.25) is 9.59 Å². The van der Waals surface area contributed by atoms with Crippen LogP contribution in [0.5, 0.6) is 11.5 Å². The van der Waals surface area contributed by atoms with Gasteiger partial charge in [0.25, 0.3) is 0 Å². The quantitative estimate of drug-likeness (QED) is 0.0981. The van der Waals surface area contributed by atoms with E-state index < -0.39 is 17.9 Å². The van der Waals surface area contributed by atoms with E-state index in [0.717, 1.165) is 67.8 Å². The van der Waals surface area contributed by atoms with Crippen LogP contribution >= 0.6 is 0 Å². The predicted octanol–water partition coefficient (Wildman–Crippen LogP) is 6.77. The zero-order chi connectivity index (χ0) is 26.0. The van der Waals surface area contributed by atoms with Gasteiger partial charge in [0.1, 0.15) is 18.1 Å². The third kappa shape index (κ3) is 10.5. The predicted molar refractivity (Wildman–Crippen MR) is 142 cm³/mol. The summed E-state index contributed by atoms with van der Waals surface area (Å²) in [5.41, 5.74) is 2.28. The van der Waals surface area contributed by atoms with Crippen LogP contribution in [0.1, 0.15) is 57.8 Å². The van der Waals surface area contributed by atoms with Crippen molar-refractivity contribution in [2.45, 2.75) is 57.8 Å². The molecule has 6 heteroatoms. The number of carbonyl (C=O) groups is 2. The van der Waals surface area contributed by atoms with Gasteiger partial charge in [0.2, 0.25) is 0 Å². The smallest absolute Gasteiger partial charge is 0.320 e. The molecule has 2 aromatic rings. The normalized spacial score (nSPS) is 10.6. The Morgan fingerprint density at radius 2 is 1.14 bits per heavy atom. The number of hydrogen-bond acceptors (Lipinski definition) is 6. The highest BCUT2D eigenvalue weighted by Crippen LogP contribution is 2.25. The van der Waals surface area contributed by atoms with E-state index in [1.807, 2.05) is 24.3 Å². The first kappa shape index (κ1) is 29.0. The molecule has 0 aliphatic rings. The number of ether oxygens (including phenoxy) is 4. The molecule has 0 N–H and O–H groups in total. The van der Waals surface area contributed by atoms with E-state index in [9.17, 15) is 9.59 Å². The molecule has 0 amide bonds. The summed E-state index contributed by atoms with van der Waals surface area (Å²) in [5.74, 6) is -0.101. The second-order valence-corrected chi connectivity index (χ2v) is 8.71. The molecule has 0 unspecified atom stereocenters. The first-order chi connectivity index (χ1) is 17.6. The summed E-state index contributed by atoms with van der Waals surface area (Å²) in [6.45, 7) is 4.88. The van der Waals surface area contributed by atoms with E-state index in [1.165, 1.54) is 27.1 Å². The molecule has 2 aromatic carbocycles. The van der Waals surface area contributed by atoms with Crippen LogP contribution in [0.4, 0.5) is 0 Å². The van der Waals surface area contributed by atoms with Crippen LogP contribution in [0.2, 0.25) is 0 Å². The zero-order valence-corrected chi connectivity index (χ0v) is 21.7. The molecule has 0 saturated carbocycles. The van der Waals surface area contributed by atoms with Gasteiger partial charge in [-0.1, -0.05) is 81.9 Å². The molecule has 0 saturated heterocycles. The Morgan fingerprint density at radius 3 is 1.61 bits per heavy atom. The number of esters is 2. The maximum Gasteiger partial charge on any atom is 0.320 e. The van der Waals surface area contributed by atoms with Gasteiger partial charge in [0.15, 0.2) is 5.92 Å². The van der Waals surface area contributed by atoms with Crippen LogP contribution < -0.4 is 9.47 Å². The van der Waals surface area contributed by atoms with Crippen molar-refractivity contribution >= 4 is 11.9 Å². The van der Waals surface area contributed by atoms with Gasteiger partial charge in [0, 0.05) is 0 Å². The van der Waals surface area contributed by atoms with Crippen molar-refractivity contribution in [2.24, 2.45) is 5.92 Å². The molecule has 0 aliphatic carbocycles. The lowest BCUT2D eigenvalue weighted by molar-refractivity contribution is -0.159. The molecule has 196 valence electrons. The summed E-state index contributed by atoms with van der Waals surface area (Å²) >= 11 is 0. The van der Waals surface area contributed by atoms with Gasteiger partial charge in [0.05, 0.1) is 20.8 Å². The molecule has 0 spiro atoms. The summed E-state index contributed by atoms with van der Waals surface area (Å²) in [6.07, 6.45) is 10.8. The van der Waals surface area contributed by atoms with Crippen LogP contribution in [-0.4, -0.2) is 39.4 Å². The van der Waals surface area contributed by atoms with Crippen LogP contribution in [-0.2, 0) is 19.1 Å². The Hall–Kier alpha value is -3.28. The molecule has 2 rings (SSSR count). The average Bonchev–Trinajstić information content (AvgIpc) is 2.92. The average molecular weight is 497 g/mol. The SMILES string of the molecule is C=CCOc1ccc(-c2ccc(OCCCCCCCCCCC(C(=O)OC)C(=O)OC)cc2)cc1. The van der Waals surface area contributed by atoms with Gasteiger partial charge in [-0.15, -0.1) is 0 Å². The highest BCUT2D eigenvalue weighted by molar-refractivity contribution is 5.94. The van der Waals surface area contributed by atoms with Gasteiger partial charge in [-0.25, -0.2) is 0 Å². The van der Waals surface area contributed by atoms with Crippen molar-refractivity contribution in [3.8, 4) is 22.6 Å². The van der Waals surface area contributed by atoms with Gasteiger partial charge in [-0.05, 0) is 48.2 Å². The topological polar surface area (TPSA) is 71.1 Å². The highest BCUT2D eigenvalue weighted by Gasteiger charge is 2.27. The van der Waals surface area contributed by atoms with E-state index in [0.29, 0.717) is 13.0 Å². The van der Waals surface area contributed by atoms with Crippen molar-refractivity contribution in [3.63, 3.8) is 0 Å². The molecule has 0 aromatic heterocycles. The number of hydrogen-bond donors (Lipinski definition) is 0. The molecule has 0 heterocycles. The first-order valence-corrected chi connectivity index (χ1v) is 12.8. The van der Waals surface area contributed by atoms with Crippen LogP contribution in [0.15, 0.2) is 61.2 Å². The van der Waals surface area contributed by atoms with Gasteiger partial charge >= 0.3 is 11.9 Å². The molecule has 6 nitrogen and oxygen atoms in total. The van der Waals surface area contributed by atoms with Crippen molar-refractivity contribution in [1.29, 1.82) is 0 Å². The minimum Gasteiger partial charge on any atom is -0.494 e. The summed E-state index contributed by atoms with van der Waals surface area (Å²) in [7, 11) is 2.59. The Morgan fingerprint density at radius 1 is 0.694 bits per heavy atom. The summed E-state index contributed by atoms with van der Waals surface area (Å²) in [5, 5.41) is 0. The van der Waals surface area contributed by atoms with Crippen molar-refractivity contribution in [1.82, 2.24) is 0 Å². The first-order valence-electron chi connectivity index (χ1n) is 12.8. The molecule has 0 bridgehead atoms. The van der Waals surface area contributed by atoms with Crippen molar-refractivity contribution in [2.75, 3.05) is 27.4 Å². The maximum atomic E-state index is 11.7. The maximum absolute atomic E-state index is 11.7. The van der Waals surface area contributed by atoms with Gasteiger partial charge in [-0.2, -0.15) is 0 Å². The number of methoxy groups -OCH3 is 2. The standard InChI is InChI=1S/C30H40O6/c1-4-22-35-26-18-14-24(15-19-26)25-16-20-27(21-17-25)36-23-12-10-8-6-5-7-9-11-13-28(29(31)33-2)30(32)34-3/h4,14-21,28H,1,5-13,22-23H2,2-3H3. The Balaban J connectivity index is 1.53. The molecule has 0 aliphatic heterocycles. The summed E-state index contributed by atoms with van der Waals surface area (Å²) in [4.78, 5) is 23.3. The van der Waals surface area contributed by atoms with Crippen LogP contribution in [0.3, 0.4) is 0 Å². The number of benzene rings is 2. The fourth-order valence-electron chi connectivity index (χ4n) is 3.96. The fraction of sp³-hybridized carbons (Fsp3) is 0.467. The summed E-state index contributed by atoms with van der Waals surface area (Å²) in [6, 6.07) is 16.2. The summed E-state index contributed by atoms with van der Waals surface area (Å²) < 4.78 is 20.8. The molecule has 0 atom stereocenters. The van der Waals surface area contributed by atoms with Crippen LogP contribution in [0.25, 0.3) is 11.1 Å². The van der Waals surface area contributed by atoms with Crippen LogP contribution in [0, 0.1) is 5.92 Å². The van der Waals surface area contributed by atoms with E-state index in [1.54, 1.807) is 6.08 Å². The minimum absolute atomic E-state index is 0.481. The number of carbonyl (C=O) groups excluding carboxylic acids is 2. The Labute approximate surface area is 215 Å². The van der Waals surface area contributed by atoms with E-state index in [2.05, 4.69) is 40.3 Å². The zero-order valence-electron chi connectivity index (χ0n) is 21.7. The lowest BCUT2D eigenvalue weighted by atomic mass is 10.00. The van der Waals surface area contributed by atoms with E-state index >= 15 is 0 Å². The molecule has 0 radical (unpaired) electrons. The second kappa shape index (κ2) is 17.2. The highest BCUT2D eigenvalue weighted by atomic mass is 16.5. The lowest BCUT2D eigenvalue weighted by Crippen LogP contribution is -2.26. The Kier molecular flexibility index (Phi) is 13.8. The fourth-order valence-corrected chi connectivity index (χ4v) is 3.96. The van der Waals surface area contributed by atoms with Crippen molar-refractivity contribution < 1.29 is 28.5 Å². The lowest BCUT2D eigenvalue weighted by Gasteiger charge is -2.12. The van der Waals surface area contributed by atoms with E-state index in [4.69, 9.17) is 9.47 Å².